The molecule has 1 unspecified atom stereocenters. The maximum atomic E-state index is 12.3. The van der Waals surface area contributed by atoms with E-state index in [9.17, 15) is 18.3 Å². The third kappa shape index (κ3) is 2.38. The molecule has 1 atom stereocenters. The Balaban J connectivity index is 4.40. The summed E-state index contributed by atoms with van der Waals surface area (Å²) in [5.74, 6) is 0. The van der Waals surface area contributed by atoms with Gasteiger partial charge in [-0.2, -0.15) is 8.78 Å². The Hall–Kier alpha value is 0.1000. The molecule has 0 saturated carbocycles. The summed E-state index contributed by atoms with van der Waals surface area (Å²) in [6.07, 6.45) is -0.120. The van der Waals surface area contributed by atoms with Gasteiger partial charge >= 0.3 is 4.83 Å². The van der Waals surface area contributed by atoms with E-state index in [-0.39, 0.29) is 12.3 Å². The van der Waals surface area contributed by atoms with E-state index in [2.05, 4.69) is 11.6 Å². The van der Waals surface area contributed by atoms with Gasteiger partial charge in [0.1, 0.15) is 6.26 Å². The fraction of sp³-hybridized carbons (Fsp3) is 0.500. The molecule has 0 heterocycles. The first kappa shape index (κ1) is 10.1. The molecule has 0 bridgehead atoms. The second-order valence-corrected chi connectivity index (χ2v) is 2.97. The topological polar surface area (TPSA) is 19.9 Å². The highest BCUT2D eigenvalue weighted by atomic mass is 79.9. The second-order valence-electron chi connectivity index (χ2n) is 1.42. The fourth-order valence-corrected chi connectivity index (χ4v) is 0.364. The van der Waals surface area contributed by atoms with Crippen LogP contribution in [0.1, 0.15) is 0 Å². The van der Waals surface area contributed by atoms with Gasteiger partial charge < -0.3 is 0 Å². The third-order valence-electron chi connectivity index (χ3n) is 0.655. The summed E-state index contributed by atoms with van der Waals surface area (Å²) >= 11 is 6.23. The summed E-state index contributed by atoms with van der Waals surface area (Å²) in [6.45, 7) is 0. The van der Waals surface area contributed by atoms with Crippen LogP contribution in [0.3, 0.4) is 0 Å². The lowest BCUT2D eigenvalue weighted by Gasteiger charge is -2.17. The lowest BCUT2D eigenvalue weighted by molar-refractivity contribution is 0.0205. The highest BCUT2D eigenvalue weighted by Crippen LogP contribution is 2.42. The number of allylic oxidation sites excluding steroid dienone is 1. The van der Waals surface area contributed by atoms with Crippen LogP contribution in [0.2, 0.25) is 0 Å². The van der Waals surface area contributed by atoms with E-state index in [0.29, 0.717) is 0 Å². The minimum atomic E-state index is -3.93. The fourth-order valence-electron chi connectivity index (χ4n) is 0.180. The first-order valence-electron chi connectivity index (χ1n) is 2.05. The summed E-state index contributed by atoms with van der Waals surface area (Å²) in [5, 5.41) is 6.08. The maximum Gasteiger partial charge on any atom is 0.352 e. The van der Waals surface area contributed by atoms with Crippen molar-refractivity contribution in [3.05, 3.63) is 12.3 Å². The van der Waals surface area contributed by atoms with E-state index in [0.717, 1.165) is 0 Å². The van der Waals surface area contributed by atoms with Crippen LogP contribution in [0.25, 0.3) is 0 Å². The molecular formula is C4H2BrClF3O. The molecule has 6 heteroatoms. The second kappa shape index (κ2) is 3.00. The predicted molar refractivity (Wildman–Crippen MR) is 33.4 cm³/mol. The van der Waals surface area contributed by atoms with Crippen LogP contribution < -0.4 is 0 Å². The molecule has 0 amide bonds. The SMILES string of the molecule is [O]/C=C/C(F)(Cl)C(F)(F)Br. The highest BCUT2D eigenvalue weighted by Gasteiger charge is 2.50. The molecule has 0 aromatic heterocycles. The van der Waals surface area contributed by atoms with Gasteiger partial charge in [-0.05, 0) is 15.9 Å². The molecule has 0 aliphatic heterocycles. The molecule has 0 rings (SSSR count). The molecule has 10 heavy (non-hydrogen) atoms. The van der Waals surface area contributed by atoms with Crippen molar-refractivity contribution in [1.82, 2.24) is 0 Å². The van der Waals surface area contributed by atoms with Crippen LogP contribution in [0.15, 0.2) is 12.3 Å². The largest absolute Gasteiger partial charge is 0.352 e. The minimum absolute atomic E-state index is 0.0172. The molecule has 0 aromatic rings. The van der Waals surface area contributed by atoms with Gasteiger partial charge in [0.15, 0.2) is 0 Å². The third-order valence-corrected chi connectivity index (χ3v) is 1.82. The molecule has 0 N–H and O–H groups in total. The quantitative estimate of drug-likeness (QED) is 0.521. The molecule has 0 spiro atoms. The number of hydrogen-bond donors (Lipinski definition) is 0. The Bertz CT molecular complexity index is 142. The maximum absolute atomic E-state index is 12.3. The Morgan fingerprint density at radius 3 is 1.90 bits per heavy atom. The van der Waals surface area contributed by atoms with Gasteiger partial charge in [0.2, 0.25) is 0 Å². The van der Waals surface area contributed by atoms with Crippen molar-refractivity contribution in [3.8, 4) is 0 Å². The van der Waals surface area contributed by atoms with E-state index >= 15 is 0 Å². The lowest BCUT2D eigenvalue weighted by Crippen LogP contribution is -2.31. The molecule has 0 saturated heterocycles. The average molecular weight is 238 g/mol. The number of halogens is 5. The molecule has 0 aliphatic carbocycles. The molecule has 1 nitrogen and oxygen atoms in total. The molecule has 1 radical (unpaired) electrons. The van der Waals surface area contributed by atoms with Crippen LogP contribution in [0.4, 0.5) is 13.2 Å². The summed E-state index contributed by atoms with van der Waals surface area (Å²) in [5.41, 5.74) is 0. The van der Waals surface area contributed by atoms with Crippen molar-refractivity contribution in [2.75, 3.05) is 0 Å². The average Bonchev–Trinajstić information content (AvgIpc) is 1.61. The zero-order chi connectivity index (χ0) is 8.41. The van der Waals surface area contributed by atoms with E-state index in [1.165, 1.54) is 0 Å². The molecule has 0 aromatic carbocycles. The van der Waals surface area contributed by atoms with Gasteiger partial charge in [0.25, 0.3) is 5.13 Å². The van der Waals surface area contributed by atoms with Crippen LogP contribution >= 0.6 is 27.5 Å². The van der Waals surface area contributed by atoms with Crippen molar-refractivity contribution in [1.29, 1.82) is 0 Å². The Morgan fingerprint density at radius 2 is 1.80 bits per heavy atom. The first-order valence-corrected chi connectivity index (χ1v) is 3.22. The number of alkyl halides is 5. The summed E-state index contributed by atoms with van der Waals surface area (Å²) in [4.78, 5) is -3.93. The van der Waals surface area contributed by atoms with Crippen molar-refractivity contribution in [3.63, 3.8) is 0 Å². The van der Waals surface area contributed by atoms with Crippen molar-refractivity contribution in [2.45, 2.75) is 9.96 Å². The van der Waals surface area contributed by atoms with E-state index in [1.807, 2.05) is 0 Å². The smallest absolute Gasteiger partial charge is 0.299 e. The van der Waals surface area contributed by atoms with Gasteiger partial charge in [-0.3, -0.25) is 5.11 Å². The van der Waals surface area contributed by atoms with Gasteiger partial charge in [-0.25, -0.2) is 4.39 Å². The van der Waals surface area contributed by atoms with E-state index < -0.39 is 9.96 Å². The lowest BCUT2D eigenvalue weighted by atomic mass is 10.4. The summed E-state index contributed by atoms with van der Waals surface area (Å²) in [6, 6.07) is 0. The molecule has 0 fully saturated rings. The first-order chi connectivity index (χ1) is 4.31. The predicted octanol–water partition coefficient (Wildman–Crippen LogP) is 2.82. The zero-order valence-electron chi connectivity index (χ0n) is 4.45. The summed E-state index contributed by atoms with van der Waals surface area (Å²) in [7, 11) is 0. The monoisotopic (exact) mass is 237 g/mol. The van der Waals surface area contributed by atoms with Crippen LogP contribution in [-0.2, 0) is 5.11 Å². The minimum Gasteiger partial charge on any atom is -0.299 e. The van der Waals surface area contributed by atoms with Crippen LogP contribution in [-0.4, -0.2) is 9.96 Å². The van der Waals surface area contributed by atoms with Gasteiger partial charge in [0, 0.05) is 6.08 Å². The highest BCUT2D eigenvalue weighted by molar-refractivity contribution is 9.10. The number of rotatable bonds is 2. The van der Waals surface area contributed by atoms with E-state index in [1.54, 1.807) is 15.9 Å². The van der Waals surface area contributed by atoms with E-state index in [4.69, 9.17) is 0 Å². The van der Waals surface area contributed by atoms with Crippen LogP contribution in [0, 0.1) is 0 Å². The zero-order valence-corrected chi connectivity index (χ0v) is 6.79. The van der Waals surface area contributed by atoms with Gasteiger partial charge in [-0.15, -0.1) is 0 Å². The Morgan fingerprint density at radius 1 is 1.40 bits per heavy atom. The standard InChI is InChI=1S/C4H2BrClF3O/c5-4(8,9)3(6,7)1-2-10/h1-2H/b2-1+. The van der Waals surface area contributed by atoms with Crippen molar-refractivity contribution >= 4 is 27.5 Å². The normalized spacial score (nSPS) is 19.3. The van der Waals surface area contributed by atoms with Crippen LogP contribution in [0.5, 0.6) is 0 Å². The van der Waals surface area contributed by atoms with Crippen molar-refractivity contribution < 1.29 is 18.3 Å². The van der Waals surface area contributed by atoms with Crippen molar-refractivity contribution in [2.24, 2.45) is 0 Å². The summed E-state index contributed by atoms with van der Waals surface area (Å²) < 4.78 is 36.1. The number of hydrogen-bond acceptors (Lipinski definition) is 0. The Labute approximate surface area is 68.6 Å². The molecular weight excluding hydrogens is 236 g/mol. The van der Waals surface area contributed by atoms with Gasteiger partial charge in [-0.1, -0.05) is 11.6 Å². The van der Waals surface area contributed by atoms with Gasteiger partial charge in [0.05, 0.1) is 0 Å². The Kier molecular flexibility index (Phi) is 3.03. The molecule has 0 aliphatic rings. The molecule has 59 valence electrons.